The molecule has 6 nitrogen and oxygen atoms in total. The van der Waals surface area contributed by atoms with Crippen molar-refractivity contribution in [2.75, 3.05) is 18.4 Å². The van der Waals surface area contributed by atoms with Crippen LogP contribution < -0.4 is 10.6 Å². The molecular weight excluding hydrogens is 472 g/mol. The van der Waals surface area contributed by atoms with Crippen LogP contribution in [-0.4, -0.2) is 33.0 Å². The highest BCUT2D eigenvalue weighted by molar-refractivity contribution is 5.85. The maximum atomic E-state index is 13.7. The summed E-state index contributed by atoms with van der Waals surface area (Å²) in [5.74, 6) is 0.365. The third-order valence-electron chi connectivity index (χ3n) is 5.66. The van der Waals surface area contributed by atoms with Gasteiger partial charge in [0.15, 0.2) is 5.82 Å². The van der Waals surface area contributed by atoms with E-state index in [4.69, 9.17) is 0 Å². The van der Waals surface area contributed by atoms with E-state index in [9.17, 15) is 17.6 Å². The van der Waals surface area contributed by atoms with Gasteiger partial charge < -0.3 is 15.6 Å². The molecule has 0 fully saturated rings. The molecule has 5 rings (SSSR count). The predicted octanol–water partition coefficient (Wildman–Crippen LogP) is 4.90. The van der Waals surface area contributed by atoms with Crippen LogP contribution in [0.3, 0.4) is 0 Å². The summed E-state index contributed by atoms with van der Waals surface area (Å²) in [5.41, 5.74) is 2.06. The van der Waals surface area contributed by atoms with Crippen LogP contribution in [0.5, 0.6) is 0 Å². The number of hydrogen-bond acceptors (Lipinski definition) is 5. The zero-order chi connectivity index (χ0) is 23.0. The topological polar surface area (TPSA) is 78.5 Å². The molecule has 0 radical (unpaired) electrons. The van der Waals surface area contributed by atoms with Crippen molar-refractivity contribution in [3.63, 3.8) is 0 Å². The molecule has 0 unspecified atom stereocenters. The largest absolute Gasteiger partial charge is 0.431 e. The van der Waals surface area contributed by atoms with Gasteiger partial charge in [-0.3, -0.25) is 4.98 Å². The Morgan fingerprint density at radius 3 is 2.71 bits per heavy atom. The lowest BCUT2D eigenvalue weighted by molar-refractivity contribution is -0.141. The van der Waals surface area contributed by atoms with E-state index in [1.807, 2.05) is 0 Å². The Morgan fingerprint density at radius 2 is 1.91 bits per heavy atom. The van der Waals surface area contributed by atoms with Gasteiger partial charge in [0.1, 0.15) is 17.3 Å². The molecule has 4 heterocycles. The first-order valence-corrected chi connectivity index (χ1v) is 10.5. The molecule has 1 aliphatic rings. The van der Waals surface area contributed by atoms with Gasteiger partial charge in [-0.1, -0.05) is 18.2 Å². The molecule has 1 aromatic carbocycles. The summed E-state index contributed by atoms with van der Waals surface area (Å²) in [6.45, 7) is 1.51. The molecule has 0 amide bonds. The molecule has 3 N–H and O–H groups in total. The first-order valence-electron chi connectivity index (χ1n) is 10.5. The number of H-pyrrole nitrogens is 1. The van der Waals surface area contributed by atoms with Gasteiger partial charge in [0.05, 0.1) is 11.9 Å². The molecule has 0 aliphatic carbocycles. The van der Waals surface area contributed by atoms with Gasteiger partial charge in [-0.25, -0.2) is 14.4 Å². The highest BCUT2D eigenvalue weighted by atomic mass is 35.5. The quantitative estimate of drug-likeness (QED) is 0.345. The number of aromatic nitrogens is 4. The normalized spacial score (nSPS) is 13.4. The first-order chi connectivity index (χ1) is 15.9. The van der Waals surface area contributed by atoms with Crippen molar-refractivity contribution in [2.24, 2.45) is 0 Å². The molecule has 0 atom stereocenters. The summed E-state index contributed by atoms with van der Waals surface area (Å²) in [6, 6.07) is 8.04. The molecule has 178 valence electrons. The Morgan fingerprint density at radius 1 is 1.09 bits per heavy atom. The van der Waals surface area contributed by atoms with E-state index in [0.717, 1.165) is 24.0 Å². The average Bonchev–Trinajstić information content (AvgIpc) is 3.18. The highest BCUT2D eigenvalue weighted by Gasteiger charge is 2.36. The minimum absolute atomic E-state index is 0. The van der Waals surface area contributed by atoms with E-state index in [1.54, 1.807) is 24.3 Å². The van der Waals surface area contributed by atoms with Crippen molar-refractivity contribution in [2.45, 2.75) is 25.6 Å². The van der Waals surface area contributed by atoms with Crippen LogP contribution in [0.4, 0.5) is 23.4 Å². The molecule has 0 saturated heterocycles. The fraction of sp³-hybridized carbons (Fsp3) is 0.261. The van der Waals surface area contributed by atoms with E-state index in [-0.39, 0.29) is 30.9 Å². The van der Waals surface area contributed by atoms with Gasteiger partial charge in [-0.05, 0) is 37.1 Å². The predicted molar refractivity (Wildman–Crippen MR) is 123 cm³/mol. The minimum Gasteiger partial charge on any atom is -0.369 e. The van der Waals surface area contributed by atoms with E-state index < -0.39 is 17.7 Å². The summed E-state index contributed by atoms with van der Waals surface area (Å²) >= 11 is 0. The third kappa shape index (κ3) is 4.69. The lowest BCUT2D eigenvalue weighted by atomic mass is 10.1. The second kappa shape index (κ2) is 9.55. The molecule has 0 bridgehead atoms. The highest BCUT2D eigenvalue weighted by Crippen LogP contribution is 2.36. The Hall–Kier alpha value is -3.24. The number of aromatic amines is 1. The van der Waals surface area contributed by atoms with E-state index >= 15 is 0 Å². The lowest BCUT2D eigenvalue weighted by Crippen LogP contribution is -2.27. The second-order valence-corrected chi connectivity index (χ2v) is 7.84. The number of nitrogens with one attached hydrogen (secondary N) is 3. The summed E-state index contributed by atoms with van der Waals surface area (Å²) in [5, 5.41) is 7.00. The third-order valence-corrected chi connectivity index (χ3v) is 5.66. The number of para-hydroxylation sites is 1. The number of halogens is 5. The van der Waals surface area contributed by atoms with Gasteiger partial charge in [0.2, 0.25) is 0 Å². The Labute approximate surface area is 198 Å². The molecule has 11 heteroatoms. The van der Waals surface area contributed by atoms with Gasteiger partial charge in [0.25, 0.3) is 0 Å². The van der Waals surface area contributed by atoms with Gasteiger partial charge in [-0.2, -0.15) is 13.2 Å². The Balaban J connectivity index is 0.00000274. The van der Waals surface area contributed by atoms with Crippen LogP contribution in [0.1, 0.15) is 22.5 Å². The van der Waals surface area contributed by atoms with E-state index in [0.29, 0.717) is 41.1 Å². The first kappa shape index (κ1) is 23.9. The van der Waals surface area contributed by atoms with Crippen LogP contribution in [0.2, 0.25) is 0 Å². The standard InChI is InChI=1S/C23H20F4N6.ClH/c24-14-9-13(10-29-11-14)21-32-19-12-28-7-5-17(19)22(33-21)30-8-6-16-15-3-1-2-4-18(15)31-20(16)23(25,26)27;/h1-4,9-11,28,31H,5-8,12H2,(H,30,32,33);1H. The average molecular weight is 493 g/mol. The van der Waals surface area contributed by atoms with Crippen molar-refractivity contribution in [1.29, 1.82) is 0 Å². The SMILES string of the molecule is Cl.Fc1cncc(-c2nc3c(c(NCCc4c(C(F)(F)F)[nH]c5ccccc45)n2)CCNC3)c1. The number of nitrogens with zero attached hydrogens (tertiary/aromatic N) is 3. The second-order valence-electron chi connectivity index (χ2n) is 7.84. The lowest BCUT2D eigenvalue weighted by Gasteiger charge is -2.21. The molecule has 4 aromatic rings. The number of benzene rings is 1. The monoisotopic (exact) mass is 492 g/mol. The molecule has 3 aromatic heterocycles. The van der Waals surface area contributed by atoms with Crippen molar-refractivity contribution < 1.29 is 17.6 Å². The fourth-order valence-electron chi connectivity index (χ4n) is 4.18. The van der Waals surface area contributed by atoms with Crippen LogP contribution in [0, 0.1) is 5.82 Å². The maximum Gasteiger partial charge on any atom is 0.431 e. The smallest absolute Gasteiger partial charge is 0.369 e. The van der Waals surface area contributed by atoms with Crippen LogP contribution in [0.25, 0.3) is 22.3 Å². The molecular formula is C23H21ClF4N6. The number of fused-ring (bicyclic) bond motifs is 2. The number of pyridine rings is 1. The van der Waals surface area contributed by atoms with Gasteiger partial charge in [0, 0.05) is 41.3 Å². The maximum absolute atomic E-state index is 13.7. The number of hydrogen-bond donors (Lipinski definition) is 3. The zero-order valence-electron chi connectivity index (χ0n) is 17.8. The summed E-state index contributed by atoms with van der Waals surface area (Å²) in [7, 11) is 0. The van der Waals surface area contributed by atoms with Gasteiger partial charge in [-0.15, -0.1) is 12.4 Å². The molecule has 34 heavy (non-hydrogen) atoms. The number of alkyl halides is 3. The Bertz CT molecular complexity index is 1320. The summed E-state index contributed by atoms with van der Waals surface area (Å²) < 4.78 is 54.5. The summed E-state index contributed by atoms with van der Waals surface area (Å²) in [6.07, 6.45) is -1.08. The van der Waals surface area contributed by atoms with Crippen molar-refractivity contribution in [3.05, 3.63) is 71.1 Å². The van der Waals surface area contributed by atoms with Crippen LogP contribution in [0.15, 0.2) is 42.7 Å². The van der Waals surface area contributed by atoms with E-state index in [2.05, 4.69) is 30.6 Å². The Kier molecular flexibility index (Phi) is 6.72. The van der Waals surface area contributed by atoms with Crippen molar-refractivity contribution >= 4 is 29.1 Å². The van der Waals surface area contributed by atoms with Crippen molar-refractivity contribution in [1.82, 2.24) is 25.3 Å². The van der Waals surface area contributed by atoms with Gasteiger partial charge >= 0.3 is 6.18 Å². The zero-order valence-corrected chi connectivity index (χ0v) is 18.7. The van der Waals surface area contributed by atoms with Crippen LogP contribution >= 0.6 is 12.4 Å². The molecule has 1 aliphatic heterocycles. The summed E-state index contributed by atoms with van der Waals surface area (Å²) in [4.78, 5) is 15.5. The molecule has 0 spiro atoms. The minimum atomic E-state index is -4.48. The van der Waals surface area contributed by atoms with E-state index in [1.165, 1.54) is 12.3 Å². The molecule has 0 saturated carbocycles. The fourth-order valence-corrected chi connectivity index (χ4v) is 4.18. The number of anilines is 1. The van der Waals surface area contributed by atoms with Crippen LogP contribution in [-0.2, 0) is 25.6 Å². The number of rotatable bonds is 5. The van der Waals surface area contributed by atoms with Crippen molar-refractivity contribution in [3.8, 4) is 11.4 Å².